The molecular formula is C22H23N5O. The van der Waals surface area contributed by atoms with E-state index in [1.165, 1.54) is 0 Å². The maximum Gasteiger partial charge on any atom is 0.243 e. The van der Waals surface area contributed by atoms with E-state index in [2.05, 4.69) is 10.3 Å². The van der Waals surface area contributed by atoms with E-state index >= 15 is 0 Å². The molecule has 6 nitrogen and oxygen atoms in total. The lowest BCUT2D eigenvalue weighted by atomic mass is 10.2. The largest absolute Gasteiger partial charge is 0.350 e. The smallest absolute Gasteiger partial charge is 0.243 e. The van der Waals surface area contributed by atoms with Crippen LogP contribution in [0.2, 0.25) is 0 Å². The highest BCUT2D eigenvalue weighted by molar-refractivity contribution is 5.94. The molecule has 0 aliphatic heterocycles. The molecule has 1 aliphatic rings. The highest BCUT2D eigenvalue weighted by atomic mass is 16.2. The number of hydrogen-bond acceptors (Lipinski definition) is 5. The van der Waals surface area contributed by atoms with Gasteiger partial charge in [-0.05, 0) is 49.9 Å². The van der Waals surface area contributed by atoms with Crippen LogP contribution < -0.4 is 10.2 Å². The van der Waals surface area contributed by atoms with Gasteiger partial charge in [0.15, 0.2) is 5.82 Å². The minimum absolute atomic E-state index is 0.0680. The van der Waals surface area contributed by atoms with Gasteiger partial charge in [-0.3, -0.25) is 9.78 Å². The van der Waals surface area contributed by atoms with E-state index in [0.717, 1.165) is 53.3 Å². The van der Waals surface area contributed by atoms with Crippen LogP contribution in [0.15, 0.2) is 48.7 Å². The van der Waals surface area contributed by atoms with Crippen LogP contribution in [0.4, 0.5) is 11.5 Å². The Bertz CT molecular complexity index is 1000. The monoisotopic (exact) mass is 373 g/mol. The van der Waals surface area contributed by atoms with E-state index in [1.54, 1.807) is 6.20 Å². The summed E-state index contributed by atoms with van der Waals surface area (Å²) >= 11 is 0. The standard InChI is InChI=1S/C22H23N5O/c1-15-8-3-4-10-17(15)24-20(28)14-27(2)22-16-9-7-12-18(16)25-21(26-22)19-11-5-6-13-23-19/h3-6,8,10-11,13H,7,9,12,14H2,1-2H3,(H,24,28). The molecule has 1 N–H and O–H groups in total. The zero-order chi connectivity index (χ0) is 19.5. The Labute approximate surface area is 164 Å². The van der Waals surface area contributed by atoms with Crippen molar-refractivity contribution in [2.45, 2.75) is 26.2 Å². The summed E-state index contributed by atoms with van der Waals surface area (Å²) < 4.78 is 0. The van der Waals surface area contributed by atoms with E-state index in [9.17, 15) is 4.79 Å². The van der Waals surface area contributed by atoms with Crippen molar-refractivity contribution in [1.29, 1.82) is 0 Å². The molecule has 0 saturated heterocycles. The molecule has 6 heteroatoms. The second-order valence-corrected chi connectivity index (χ2v) is 7.08. The van der Waals surface area contributed by atoms with Crippen LogP contribution in [0.1, 0.15) is 23.2 Å². The first kappa shape index (κ1) is 18.1. The molecule has 1 amide bonds. The first-order chi connectivity index (χ1) is 13.6. The number of aryl methyl sites for hydroxylation is 2. The predicted molar refractivity (Wildman–Crippen MR) is 110 cm³/mol. The predicted octanol–water partition coefficient (Wildman–Crippen LogP) is 3.41. The van der Waals surface area contributed by atoms with E-state index in [-0.39, 0.29) is 12.5 Å². The van der Waals surface area contributed by atoms with Crippen LogP contribution in [0.3, 0.4) is 0 Å². The summed E-state index contributed by atoms with van der Waals surface area (Å²) in [5.41, 5.74) is 4.83. The number of aromatic nitrogens is 3. The number of hydrogen-bond donors (Lipinski definition) is 1. The number of para-hydroxylation sites is 1. The Hall–Kier alpha value is -3.28. The fourth-order valence-electron chi connectivity index (χ4n) is 3.53. The van der Waals surface area contributed by atoms with Gasteiger partial charge in [0.05, 0.1) is 6.54 Å². The number of likely N-dealkylation sites (N-methyl/N-ethyl adjacent to an activating group) is 1. The number of anilines is 2. The van der Waals surface area contributed by atoms with Crippen molar-refractivity contribution in [2.75, 3.05) is 23.8 Å². The molecule has 0 bridgehead atoms. The Morgan fingerprint density at radius 1 is 1.11 bits per heavy atom. The number of carbonyl (C=O) groups is 1. The van der Waals surface area contributed by atoms with E-state index in [4.69, 9.17) is 9.97 Å². The van der Waals surface area contributed by atoms with Crippen molar-refractivity contribution in [3.63, 3.8) is 0 Å². The molecule has 142 valence electrons. The molecule has 0 fully saturated rings. The van der Waals surface area contributed by atoms with Crippen molar-refractivity contribution in [2.24, 2.45) is 0 Å². The Balaban J connectivity index is 1.58. The van der Waals surface area contributed by atoms with Crippen LogP contribution in [0.5, 0.6) is 0 Å². The summed E-state index contributed by atoms with van der Waals surface area (Å²) in [6, 6.07) is 13.5. The summed E-state index contributed by atoms with van der Waals surface area (Å²) in [7, 11) is 1.90. The number of nitrogens with zero attached hydrogens (tertiary/aromatic N) is 4. The Morgan fingerprint density at radius 3 is 2.71 bits per heavy atom. The second kappa shape index (κ2) is 7.76. The third-order valence-corrected chi connectivity index (χ3v) is 4.97. The molecule has 3 aromatic rings. The van der Waals surface area contributed by atoms with Gasteiger partial charge in [0, 0.05) is 30.2 Å². The summed E-state index contributed by atoms with van der Waals surface area (Å²) in [5, 5.41) is 2.99. The normalized spacial score (nSPS) is 12.5. The zero-order valence-electron chi connectivity index (χ0n) is 16.1. The van der Waals surface area contributed by atoms with Crippen LogP contribution in [0, 0.1) is 6.92 Å². The van der Waals surface area contributed by atoms with Crippen LogP contribution in [-0.4, -0.2) is 34.5 Å². The summed E-state index contributed by atoms with van der Waals surface area (Å²) in [6.45, 7) is 2.20. The molecule has 2 aromatic heterocycles. The molecule has 0 saturated carbocycles. The average molecular weight is 373 g/mol. The van der Waals surface area contributed by atoms with Crippen molar-refractivity contribution < 1.29 is 4.79 Å². The maximum atomic E-state index is 12.6. The number of fused-ring (bicyclic) bond motifs is 1. The minimum Gasteiger partial charge on any atom is -0.350 e. The third kappa shape index (κ3) is 3.71. The second-order valence-electron chi connectivity index (χ2n) is 7.08. The molecule has 4 rings (SSSR count). The van der Waals surface area contributed by atoms with Crippen molar-refractivity contribution >= 4 is 17.4 Å². The maximum absolute atomic E-state index is 12.6. The highest BCUT2D eigenvalue weighted by Gasteiger charge is 2.23. The third-order valence-electron chi connectivity index (χ3n) is 4.97. The number of carbonyl (C=O) groups excluding carboxylic acids is 1. The lowest BCUT2D eigenvalue weighted by Crippen LogP contribution is -2.31. The van der Waals surface area contributed by atoms with Gasteiger partial charge in [0.25, 0.3) is 0 Å². The van der Waals surface area contributed by atoms with Crippen LogP contribution in [-0.2, 0) is 17.6 Å². The van der Waals surface area contributed by atoms with Gasteiger partial charge < -0.3 is 10.2 Å². The topological polar surface area (TPSA) is 71.0 Å². The lowest BCUT2D eigenvalue weighted by Gasteiger charge is -2.21. The highest BCUT2D eigenvalue weighted by Crippen LogP contribution is 2.30. The van der Waals surface area contributed by atoms with E-state index in [0.29, 0.717) is 5.82 Å². The zero-order valence-corrected chi connectivity index (χ0v) is 16.1. The Morgan fingerprint density at radius 2 is 1.93 bits per heavy atom. The number of amides is 1. The molecule has 28 heavy (non-hydrogen) atoms. The van der Waals surface area contributed by atoms with Crippen LogP contribution in [0.25, 0.3) is 11.5 Å². The van der Waals surface area contributed by atoms with Crippen molar-refractivity contribution in [3.05, 3.63) is 65.5 Å². The van der Waals surface area contributed by atoms with Gasteiger partial charge >= 0.3 is 0 Å². The molecule has 2 heterocycles. The van der Waals surface area contributed by atoms with Crippen LogP contribution >= 0.6 is 0 Å². The van der Waals surface area contributed by atoms with Gasteiger partial charge in [-0.1, -0.05) is 24.3 Å². The molecular weight excluding hydrogens is 350 g/mol. The molecule has 0 radical (unpaired) electrons. The quantitative estimate of drug-likeness (QED) is 0.742. The van der Waals surface area contributed by atoms with Gasteiger partial charge in [-0.25, -0.2) is 9.97 Å². The molecule has 1 aromatic carbocycles. The molecule has 0 spiro atoms. The number of benzene rings is 1. The Kier molecular flexibility index (Phi) is 5.02. The number of rotatable bonds is 5. The van der Waals surface area contributed by atoms with Gasteiger partial charge in [-0.2, -0.15) is 0 Å². The first-order valence-corrected chi connectivity index (χ1v) is 9.49. The molecule has 0 atom stereocenters. The summed E-state index contributed by atoms with van der Waals surface area (Å²) in [6.07, 6.45) is 4.68. The van der Waals surface area contributed by atoms with Crippen molar-refractivity contribution in [1.82, 2.24) is 15.0 Å². The fraction of sp³-hybridized carbons (Fsp3) is 0.273. The van der Waals surface area contributed by atoms with Gasteiger partial charge in [0.1, 0.15) is 11.5 Å². The SMILES string of the molecule is Cc1ccccc1NC(=O)CN(C)c1nc(-c2ccccn2)nc2c1CCC2. The minimum atomic E-state index is -0.0680. The first-order valence-electron chi connectivity index (χ1n) is 9.49. The van der Waals surface area contributed by atoms with Gasteiger partial charge in [0.2, 0.25) is 5.91 Å². The fourth-order valence-corrected chi connectivity index (χ4v) is 3.53. The lowest BCUT2D eigenvalue weighted by molar-refractivity contribution is -0.114. The number of pyridine rings is 1. The van der Waals surface area contributed by atoms with E-state index in [1.807, 2.05) is 61.3 Å². The van der Waals surface area contributed by atoms with Gasteiger partial charge in [-0.15, -0.1) is 0 Å². The number of nitrogens with one attached hydrogen (secondary N) is 1. The average Bonchev–Trinajstić information content (AvgIpc) is 3.18. The summed E-state index contributed by atoms with van der Waals surface area (Å²) in [5.74, 6) is 1.37. The van der Waals surface area contributed by atoms with E-state index < -0.39 is 0 Å². The van der Waals surface area contributed by atoms with Crippen molar-refractivity contribution in [3.8, 4) is 11.5 Å². The summed E-state index contributed by atoms with van der Waals surface area (Å²) in [4.78, 5) is 28.4. The molecule has 0 unspecified atom stereocenters. The molecule has 1 aliphatic carbocycles.